The summed E-state index contributed by atoms with van der Waals surface area (Å²) in [6.45, 7) is 0.0482. The molecule has 0 aliphatic carbocycles. The molecular formula is C23H22ClN5O4. The number of benzene rings is 2. The zero-order valence-electron chi connectivity index (χ0n) is 18.1. The van der Waals surface area contributed by atoms with Gasteiger partial charge in [-0.2, -0.15) is 0 Å². The van der Waals surface area contributed by atoms with E-state index in [1.165, 1.54) is 29.6 Å². The molecule has 1 amide bonds. The van der Waals surface area contributed by atoms with Gasteiger partial charge in [-0.1, -0.05) is 41.9 Å². The molecule has 1 atom stereocenters. The Labute approximate surface area is 193 Å². The van der Waals surface area contributed by atoms with Crippen LogP contribution < -0.4 is 21.3 Å². The van der Waals surface area contributed by atoms with E-state index in [9.17, 15) is 14.4 Å². The van der Waals surface area contributed by atoms with Gasteiger partial charge >= 0.3 is 5.69 Å². The van der Waals surface area contributed by atoms with Crippen molar-refractivity contribution in [1.82, 2.24) is 24.0 Å². The van der Waals surface area contributed by atoms with E-state index >= 15 is 0 Å². The largest absolute Gasteiger partial charge is 0.491 e. The summed E-state index contributed by atoms with van der Waals surface area (Å²) in [6.07, 6.45) is 1.38. The van der Waals surface area contributed by atoms with Crippen LogP contribution in [0.25, 0.3) is 11.2 Å². The number of hydrogen-bond acceptors (Lipinski definition) is 5. The third-order valence-electron chi connectivity index (χ3n) is 5.30. The first-order valence-corrected chi connectivity index (χ1v) is 10.6. The second kappa shape index (κ2) is 9.33. The quantitative estimate of drug-likeness (QED) is 0.448. The molecule has 170 valence electrons. The number of nitrogens with zero attached hydrogens (tertiary/aromatic N) is 4. The molecule has 33 heavy (non-hydrogen) atoms. The van der Waals surface area contributed by atoms with Gasteiger partial charge in [-0.05, 0) is 29.8 Å². The van der Waals surface area contributed by atoms with E-state index < -0.39 is 17.3 Å². The molecule has 1 unspecified atom stereocenters. The van der Waals surface area contributed by atoms with Gasteiger partial charge in [0.05, 0.1) is 12.4 Å². The predicted octanol–water partition coefficient (Wildman–Crippen LogP) is 2.02. The van der Waals surface area contributed by atoms with Gasteiger partial charge in [-0.25, -0.2) is 9.78 Å². The van der Waals surface area contributed by atoms with E-state index in [1.54, 1.807) is 24.3 Å². The summed E-state index contributed by atoms with van der Waals surface area (Å²) in [6, 6.07) is 16.0. The Morgan fingerprint density at radius 2 is 1.76 bits per heavy atom. The molecule has 0 aliphatic rings. The number of rotatable bonds is 7. The summed E-state index contributed by atoms with van der Waals surface area (Å²) in [4.78, 5) is 41.8. The third-order valence-corrected chi connectivity index (χ3v) is 5.55. The minimum Gasteiger partial charge on any atom is -0.491 e. The van der Waals surface area contributed by atoms with Crippen LogP contribution in [0.5, 0.6) is 5.75 Å². The predicted molar refractivity (Wildman–Crippen MR) is 124 cm³/mol. The number of hydrogen-bond donors (Lipinski definition) is 1. The number of amides is 1. The normalized spacial score (nSPS) is 12.0. The zero-order chi connectivity index (χ0) is 23.5. The molecule has 0 bridgehead atoms. The topological polar surface area (TPSA) is 100 Å². The fourth-order valence-electron chi connectivity index (χ4n) is 3.53. The molecule has 0 saturated carbocycles. The summed E-state index contributed by atoms with van der Waals surface area (Å²) in [5, 5.41) is 3.57. The van der Waals surface area contributed by atoms with E-state index in [0.717, 1.165) is 10.1 Å². The standard InChI is InChI=1S/C23H22ClN5O4/c1-27-21-20(22(31)28(2)23(27)32)29(14-25-21)12-19(30)26-18(15-6-4-3-5-7-15)13-33-17-10-8-16(24)9-11-17/h3-11,14,18H,12-13H2,1-2H3,(H,26,30). The highest BCUT2D eigenvalue weighted by atomic mass is 35.5. The van der Waals surface area contributed by atoms with Crippen LogP contribution in [-0.4, -0.2) is 31.2 Å². The van der Waals surface area contributed by atoms with E-state index in [4.69, 9.17) is 16.3 Å². The monoisotopic (exact) mass is 467 g/mol. The lowest BCUT2D eigenvalue weighted by Crippen LogP contribution is -2.38. The number of fused-ring (bicyclic) bond motifs is 1. The molecule has 0 aliphatic heterocycles. The first-order chi connectivity index (χ1) is 15.8. The average Bonchev–Trinajstić information content (AvgIpc) is 3.24. The molecule has 10 heteroatoms. The van der Waals surface area contributed by atoms with Crippen molar-refractivity contribution in [1.29, 1.82) is 0 Å². The Bertz CT molecular complexity index is 1410. The minimum atomic E-state index is -0.510. The van der Waals surface area contributed by atoms with Crippen LogP contribution in [0.2, 0.25) is 5.02 Å². The van der Waals surface area contributed by atoms with Gasteiger partial charge in [-0.15, -0.1) is 0 Å². The van der Waals surface area contributed by atoms with Gasteiger partial charge in [0.25, 0.3) is 5.56 Å². The average molecular weight is 468 g/mol. The summed E-state index contributed by atoms with van der Waals surface area (Å²) in [5.74, 6) is 0.290. The maximum Gasteiger partial charge on any atom is 0.332 e. The van der Waals surface area contributed by atoms with Gasteiger partial charge in [-0.3, -0.25) is 18.7 Å². The molecule has 9 nitrogen and oxygen atoms in total. The molecule has 2 aromatic heterocycles. The molecule has 1 N–H and O–H groups in total. The fourth-order valence-corrected chi connectivity index (χ4v) is 3.65. The summed E-state index contributed by atoms with van der Waals surface area (Å²) in [7, 11) is 2.92. The fraction of sp³-hybridized carbons (Fsp3) is 0.217. The molecular weight excluding hydrogens is 446 g/mol. The van der Waals surface area contributed by atoms with Gasteiger partial charge in [0.1, 0.15) is 18.9 Å². The van der Waals surface area contributed by atoms with Gasteiger partial charge in [0.2, 0.25) is 5.91 Å². The first kappa shape index (κ1) is 22.3. The lowest BCUT2D eigenvalue weighted by atomic mass is 10.1. The summed E-state index contributed by atoms with van der Waals surface area (Å²) < 4.78 is 9.57. The van der Waals surface area contributed by atoms with Crippen molar-refractivity contribution in [2.24, 2.45) is 14.1 Å². The Morgan fingerprint density at radius 3 is 2.45 bits per heavy atom. The van der Waals surface area contributed by atoms with E-state index in [0.29, 0.717) is 10.8 Å². The maximum absolute atomic E-state index is 12.9. The van der Waals surface area contributed by atoms with Gasteiger partial charge < -0.3 is 14.6 Å². The van der Waals surface area contributed by atoms with Gasteiger partial charge in [0.15, 0.2) is 11.2 Å². The van der Waals surface area contributed by atoms with Crippen molar-refractivity contribution >= 4 is 28.7 Å². The number of nitrogens with one attached hydrogen (secondary N) is 1. The van der Waals surface area contributed by atoms with Crippen LogP contribution in [0.4, 0.5) is 0 Å². The van der Waals surface area contributed by atoms with Gasteiger partial charge in [0, 0.05) is 19.1 Å². The molecule has 0 saturated heterocycles. The second-order valence-electron chi connectivity index (χ2n) is 7.55. The van der Waals surface area contributed by atoms with Crippen LogP contribution in [0.3, 0.4) is 0 Å². The Morgan fingerprint density at radius 1 is 1.06 bits per heavy atom. The lowest BCUT2D eigenvalue weighted by Gasteiger charge is -2.20. The molecule has 0 fully saturated rings. The smallest absolute Gasteiger partial charge is 0.332 e. The summed E-state index contributed by atoms with van der Waals surface area (Å²) in [5.41, 5.74) is 0.286. The first-order valence-electron chi connectivity index (χ1n) is 10.2. The molecule has 4 rings (SSSR count). The zero-order valence-corrected chi connectivity index (χ0v) is 18.8. The molecule has 4 aromatic rings. The lowest BCUT2D eigenvalue weighted by molar-refractivity contribution is -0.122. The molecule has 2 aromatic carbocycles. The summed E-state index contributed by atoms with van der Waals surface area (Å²) >= 11 is 5.92. The maximum atomic E-state index is 12.9. The van der Waals surface area contributed by atoms with Crippen molar-refractivity contribution in [3.8, 4) is 5.75 Å². The SMILES string of the molecule is Cn1c(=O)c2c(ncn2CC(=O)NC(COc2ccc(Cl)cc2)c2ccccc2)n(C)c1=O. The van der Waals surface area contributed by atoms with Crippen LogP contribution in [0.1, 0.15) is 11.6 Å². The Hall–Kier alpha value is -3.85. The number of halogens is 1. The van der Waals surface area contributed by atoms with Crippen LogP contribution in [0.15, 0.2) is 70.5 Å². The van der Waals surface area contributed by atoms with Crippen LogP contribution >= 0.6 is 11.6 Å². The van der Waals surface area contributed by atoms with Crippen LogP contribution in [0, 0.1) is 0 Å². The van der Waals surface area contributed by atoms with E-state index in [-0.39, 0.29) is 30.2 Å². The third kappa shape index (κ3) is 4.68. The number of carbonyl (C=O) groups is 1. The highest BCUT2D eigenvalue weighted by Gasteiger charge is 2.19. The second-order valence-corrected chi connectivity index (χ2v) is 7.98. The van der Waals surface area contributed by atoms with Crippen molar-refractivity contribution in [2.45, 2.75) is 12.6 Å². The molecule has 0 spiro atoms. The highest BCUT2D eigenvalue weighted by molar-refractivity contribution is 6.30. The van der Waals surface area contributed by atoms with E-state index in [1.807, 2.05) is 30.3 Å². The van der Waals surface area contributed by atoms with Crippen molar-refractivity contribution < 1.29 is 9.53 Å². The van der Waals surface area contributed by atoms with Crippen molar-refractivity contribution in [3.63, 3.8) is 0 Å². The minimum absolute atomic E-state index is 0.145. The number of aryl methyl sites for hydroxylation is 1. The molecule has 0 radical (unpaired) electrons. The number of aromatic nitrogens is 4. The number of ether oxygens (including phenoxy) is 1. The van der Waals surface area contributed by atoms with Crippen LogP contribution in [-0.2, 0) is 25.4 Å². The Kier molecular flexibility index (Phi) is 6.32. The molecule has 2 heterocycles. The van der Waals surface area contributed by atoms with Crippen molar-refractivity contribution in [2.75, 3.05) is 6.61 Å². The highest BCUT2D eigenvalue weighted by Crippen LogP contribution is 2.19. The van der Waals surface area contributed by atoms with E-state index in [2.05, 4.69) is 10.3 Å². The Balaban J connectivity index is 1.55. The van der Waals surface area contributed by atoms with Crippen molar-refractivity contribution in [3.05, 3.63) is 92.3 Å². The number of carbonyl (C=O) groups excluding carboxylic acids is 1. The number of imidazole rings is 1.